The second-order valence-electron chi connectivity index (χ2n) is 11.4. The molecule has 2 amide bonds. The van der Waals surface area contributed by atoms with Crippen LogP contribution in [0.25, 0.3) is 0 Å². The maximum Gasteiger partial charge on any atom is 0.222 e. The monoisotopic (exact) mass is 496 g/mol. The predicted molar refractivity (Wildman–Crippen MR) is 142 cm³/mol. The van der Waals surface area contributed by atoms with Crippen molar-refractivity contribution in [2.24, 2.45) is 11.8 Å². The third-order valence-corrected chi connectivity index (χ3v) is 9.13. The van der Waals surface area contributed by atoms with Crippen LogP contribution in [-0.2, 0) is 20.9 Å². The van der Waals surface area contributed by atoms with Crippen LogP contribution in [0.2, 0.25) is 0 Å². The molecule has 4 fully saturated rings. The van der Waals surface area contributed by atoms with Crippen LogP contribution in [0.5, 0.6) is 0 Å². The van der Waals surface area contributed by atoms with Gasteiger partial charge in [-0.3, -0.25) is 14.5 Å². The molecule has 1 aromatic rings. The van der Waals surface area contributed by atoms with E-state index in [1.807, 2.05) is 11.9 Å². The van der Waals surface area contributed by atoms with Crippen LogP contribution in [0, 0.1) is 11.8 Å². The van der Waals surface area contributed by atoms with Crippen molar-refractivity contribution in [1.82, 2.24) is 14.7 Å². The highest BCUT2D eigenvalue weighted by Gasteiger charge is 2.48. The molecule has 4 aliphatic heterocycles. The number of nitrogens with zero attached hydrogens (tertiary/aromatic N) is 4. The number of morpholine rings is 1. The lowest BCUT2D eigenvalue weighted by molar-refractivity contribution is -0.144. The Hall–Kier alpha value is -2.12. The summed E-state index contributed by atoms with van der Waals surface area (Å²) >= 11 is 0. The maximum atomic E-state index is 13.0. The molecule has 7 heteroatoms. The van der Waals surface area contributed by atoms with Gasteiger partial charge < -0.3 is 19.4 Å². The lowest BCUT2D eigenvalue weighted by atomic mass is 9.69. The number of piperidine rings is 3. The number of benzene rings is 1. The minimum Gasteiger partial charge on any atom is -0.378 e. The summed E-state index contributed by atoms with van der Waals surface area (Å²) in [7, 11) is 1.91. The van der Waals surface area contributed by atoms with E-state index in [1.165, 1.54) is 44.5 Å². The molecular weight excluding hydrogens is 452 g/mol. The summed E-state index contributed by atoms with van der Waals surface area (Å²) in [5, 5.41) is 0. The van der Waals surface area contributed by atoms with Gasteiger partial charge in [0.25, 0.3) is 0 Å². The third-order valence-electron chi connectivity index (χ3n) is 9.13. The fourth-order valence-electron chi connectivity index (χ4n) is 7.38. The first kappa shape index (κ1) is 25.5. The molecule has 1 aromatic carbocycles. The van der Waals surface area contributed by atoms with Gasteiger partial charge in [0.05, 0.1) is 13.2 Å². The van der Waals surface area contributed by atoms with E-state index in [4.69, 9.17) is 4.74 Å². The average Bonchev–Trinajstić information content (AvgIpc) is 2.90. The van der Waals surface area contributed by atoms with E-state index >= 15 is 0 Å². The van der Waals surface area contributed by atoms with Crippen LogP contribution in [0.3, 0.4) is 0 Å². The highest BCUT2D eigenvalue weighted by molar-refractivity contribution is 5.76. The van der Waals surface area contributed by atoms with Gasteiger partial charge in [-0.25, -0.2) is 0 Å². The number of amides is 2. The van der Waals surface area contributed by atoms with Crippen LogP contribution < -0.4 is 4.90 Å². The number of ether oxygens (including phenoxy) is 1. The highest BCUT2D eigenvalue weighted by Crippen LogP contribution is 2.43. The van der Waals surface area contributed by atoms with Crippen LogP contribution in [-0.4, -0.2) is 91.6 Å². The fraction of sp³-hybridized carbons (Fsp3) is 0.724. The third kappa shape index (κ3) is 5.57. The zero-order valence-corrected chi connectivity index (χ0v) is 22.2. The largest absolute Gasteiger partial charge is 0.378 e. The van der Waals surface area contributed by atoms with Gasteiger partial charge in [-0.15, -0.1) is 0 Å². The Morgan fingerprint density at radius 1 is 1.03 bits per heavy atom. The first-order chi connectivity index (χ1) is 17.5. The average molecular weight is 497 g/mol. The Bertz CT molecular complexity index is 898. The van der Waals surface area contributed by atoms with Gasteiger partial charge in [0, 0.05) is 64.3 Å². The van der Waals surface area contributed by atoms with E-state index in [9.17, 15) is 9.59 Å². The van der Waals surface area contributed by atoms with Gasteiger partial charge in [0.15, 0.2) is 0 Å². The van der Waals surface area contributed by atoms with Crippen molar-refractivity contribution in [2.75, 3.05) is 57.9 Å². The summed E-state index contributed by atoms with van der Waals surface area (Å²) < 4.78 is 5.45. The number of hydrogen-bond acceptors (Lipinski definition) is 5. The Morgan fingerprint density at radius 2 is 1.75 bits per heavy atom. The fourth-order valence-corrected chi connectivity index (χ4v) is 7.38. The maximum absolute atomic E-state index is 13.0. The lowest BCUT2D eigenvalue weighted by Gasteiger charge is -2.57. The van der Waals surface area contributed by atoms with Gasteiger partial charge in [-0.1, -0.05) is 12.1 Å². The molecule has 0 aliphatic carbocycles. The molecule has 7 nitrogen and oxygen atoms in total. The molecule has 0 spiro atoms. The van der Waals surface area contributed by atoms with Crippen molar-refractivity contribution in [3.8, 4) is 0 Å². The molecule has 0 radical (unpaired) electrons. The van der Waals surface area contributed by atoms with Crippen molar-refractivity contribution in [1.29, 1.82) is 0 Å². The summed E-state index contributed by atoms with van der Waals surface area (Å²) in [4.78, 5) is 34.7. The number of carbonyl (C=O) groups is 2. The van der Waals surface area contributed by atoms with E-state index in [0.717, 1.165) is 51.3 Å². The molecule has 0 unspecified atom stereocenters. The lowest BCUT2D eigenvalue weighted by Crippen LogP contribution is -2.65. The molecule has 0 saturated carbocycles. The van der Waals surface area contributed by atoms with Crippen LogP contribution >= 0.6 is 0 Å². The van der Waals surface area contributed by atoms with E-state index in [1.54, 1.807) is 6.92 Å². The minimum atomic E-state index is 0.193. The highest BCUT2D eigenvalue weighted by atomic mass is 16.5. The molecule has 4 heterocycles. The first-order valence-electron chi connectivity index (χ1n) is 14.2. The number of rotatable bonds is 7. The Kier molecular flexibility index (Phi) is 8.16. The summed E-state index contributed by atoms with van der Waals surface area (Å²) in [5.74, 6) is 1.61. The second kappa shape index (κ2) is 11.5. The Morgan fingerprint density at radius 3 is 2.47 bits per heavy atom. The summed E-state index contributed by atoms with van der Waals surface area (Å²) in [6.07, 6.45) is 7.32. The molecule has 0 aromatic heterocycles. The van der Waals surface area contributed by atoms with Gasteiger partial charge in [-0.05, 0) is 81.1 Å². The molecule has 4 saturated heterocycles. The molecule has 4 atom stereocenters. The molecule has 5 rings (SSSR count). The SMILES string of the molecule is CC(=O)N1C[C@@H]2CCCN3CCC[C@@H]([C@H]23)[C@H]1CCCC(=O)N(C)Cc1ccc(N2CCOCC2)cc1. The van der Waals surface area contributed by atoms with Crippen molar-refractivity contribution < 1.29 is 14.3 Å². The van der Waals surface area contributed by atoms with E-state index < -0.39 is 0 Å². The summed E-state index contributed by atoms with van der Waals surface area (Å²) in [5.41, 5.74) is 2.38. The van der Waals surface area contributed by atoms with Crippen molar-refractivity contribution in [3.05, 3.63) is 29.8 Å². The zero-order valence-electron chi connectivity index (χ0n) is 22.2. The topological polar surface area (TPSA) is 56.3 Å². The van der Waals surface area contributed by atoms with Crippen molar-refractivity contribution in [2.45, 2.75) is 70.5 Å². The standard InChI is InChI=1S/C29H44N4O3/c1-22(34)33-21-24-6-4-14-32-15-5-7-26(29(24)32)27(33)8-3-9-28(35)30(2)20-23-10-12-25(13-11-23)31-16-18-36-19-17-31/h10-13,24,26-27,29H,3-9,14-21H2,1-2H3/t24-,26+,27+,29-/m0/s1. The normalized spacial score (nSPS) is 28.5. The molecule has 4 aliphatic rings. The van der Waals surface area contributed by atoms with Crippen LogP contribution in [0.15, 0.2) is 24.3 Å². The van der Waals surface area contributed by atoms with Gasteiger partial charge in [0.1, 0.15) is 0 Å². The number of likely N-dealkylation sites (tertiary alicyclic amines) is 1. The van der Waals surface area contributed by atoms with Gasteiger partial charge in [-0.2, -0.15) is 0 Å². The molecule has 0 bridgehead atoms. The molecular formula is C29H44N4O3. The first-order valence-corrected chi connectivity index (χ1v) is 14.2. The predicted octanol–water partition coefficient (Wildman–Crippen LogP) is 3.37. The molecule has 36 heavy (non-hydrogen) atoms. The quantitative estimate of drug-likeness (QED) is 0.579. The van der Waals surface area contributed by atoms with Crippen LogP contribution in [0.4, 0.5) is 5.69 Å². The van der Waals surface area contributed by atoms with Gasteiger partial charge in [0.2, 0.25) is 11.8 Å². The zero-order chi connectivity index (χ0) is 25.1. The van der Waals surface area contributed by atoms with Gasteiger partial charge >= 0.3 is 0 Å². The number of anilines is 1. The summed E-state index contributed by atoms with van der Waals surface area (Å²) in [6.45, 7) is 9.15. The molecule has 198 valence electrons. The Labute approximate surface area is 216 Å². The van der Waals surface area contributed by atoms with Crippen molar-refractivity contribution >= 4 is 17.5 Å². The van der Waals surface area contributed by atoms with E-state index in [0.29, 0.717) is 30.8 Å². The Balaban J connectivity index is 1.13. The van der Waals surface area contributed by atoms with Crippen LogP contribution in [0.1, 0.15) is 57.4 Å². The minimum absolute atomic E-state index is 0.193. The molecule has 0 N–H and O–H groups in total. The van der Waals surface area contributed by atoms with Crippen molar-refractivity contribution in [3.63, 3.8) is 0 Å². The number of carbonyl (C=O) groups excluding carboxylic acids is 2. The summed E-state index contributed by atoms with van der Waals surface area (Å²) in [6, 6.07) is 9.52. The number of hydrogen-bond donors (Lipinski definition) is 0. The smallest absolute Gasteiger partial charge is 0.222 e. The second-order valence-corrected chi connectivity index (χ2v) is 11.4. The van der Waals surface area contributed by atoms with E-state index in [-0.39, 0.29) is 17.9 Å². The van der Waals surface area contributed by atoms with E-state index in [2.05, 4.69) is 39.0 Å².